The number of carbonyl (C=O) groups is 2. The third-order valence-corrected chi connectivity index (χ3v) is 2.94. The zero-order chi connectivity index (χ0) is 14.5. The minimum Gasteiger partial charge on any atom is -0.478 e. The molecule has 3 heteroatoms. The van der Waals surface area contributed by atoms with Crippen LogP contribution in [-0.2, 0) is 0 Å². The van der Waals surface area contributed by atoms with Crippen molar-refractivity contribution in [2.45, 2.75) is 6.92 Å². The Morgan fingerprint density at radius 2 is 1.65 bits per heavy atom. The van der Waals surface area contributed by atoms with Crippen molar-refractivity contribution >= 4 is 17.8 Å². The summed E-state index contributed by atoms with van der Waals surface area (Å²) in [5.41, 5.74) is 2.36. The molecule has 0 spiro atoms. The normalized spacial score (nSPS) is 10.7. The van der Waals surface area contributed by atoms with E-state index in [1.54, 1.807) is 30.3 Å². The molecule has 0 radical (unpaired) electrons. The van der Waals surface area contributed by atoms with Gasteiger partial charge in [0.25, 0.3) is 0 Å². The van der Waals surface area contributed by atoms with Gasteiger partial charge in [-0.3, -0.25) is 4.79 Å². The fourth-order valence-electron chi connectivity index (χ4n) is 1.82. The number of rotatable bonds is 4. The van der Waals surface area contributed by atoms with Crippen molar-refractivity contribution in [3.05, 3.63) is 76.9 Å². The van der Waals surface area contributed by atoms with Crippen molar-refractivity contribution in [1.29, 1.82) is 0 Å². The van der Waals surface area contributed by atoms with Gasteiger partial charge in [0.2, 0.25) is 0 Å². The van der Waals surface area contributed by atoms with Crippen molar-refractivity contribution in [1.82, 2.24) is 0 Å². The van der Waals surface area contributed by atoms with Gasteiger partial charge in [0.1, 0.15) is 0 Å². The number of hydrogen-bond acceptors (Lipinski definition) is 2. The molecule has 1 N–H and O–H groups in total. The number of aryl methyl sites for hydroxylation is 1. The summed E-state index contributed by atoms with van der Waals surface area (Å²) in [6.07, 6.45) is 2.93. The number of allylic oxidation sites excluding steroid dienone is 1. The lowest BCUT2D eigenvalue weighted by molar-refractivity contribution is 0.0696. The van der Waals surface area contributed by atoms with E-state index in [9.17, 15) is 9.59 Å². The SMILES string of the molecule is Cc1ccc(C(=O)C=Cc2ccccc2C(=O)O)cc1. The van der Waals surface area contributed by atoms with Crippen molar-refractivity contribution in [2.24, 2.45) is 0 Å². The molecular weight excluding hydrogens is 252 g/mol. The molecule has 0 atom stereocenters. The summed E-state index contributed by atoms with van der Waals surface area (Å²) in [6, 6.07) is 13.8. The fourth-order valence-corrected chi connectivity index (χ4v) is 1.82. The average Bonchev–Trinajstić information content (AvgIpc) is 2.45. The lowest BCUT2D eigenvalue weighted by atomic mass is 10.0. The van der Waals surface area contributed by atoms with Gasteiger partial charge in [-0.25, -0.2) is 4.79 Å². The minimum absolute atomic E-state index is 0.148. The molecule has 0 unspecified atom stereocenters. The Morgan fingerprint density at radius 3 is 2.30 bits per heavy atom. The summed E-state index contributed by atoms with van der Waals surface area (Å²) in [5.74, 6) is -1.15. The van der Waals surface area contributed by atoms with Gasteiger partial charge < -0.3 is 5.11 Å². The molecule has 0 aliphatic heterocycles. The Hall–Kier alpha value is -2.68. The van der Waals surface area contributed by atoms with E-state index in [4.69, 9.17) is 5.11 Å². The highest BCUT2D eigenvalue weighted by Crippen LogP contribution is 2.12. The van der Waals surface area contributed by atoms with Crippen molar-refractivity contribution in [3.63, 3.8) is 0 Å². The highest BCUT2D eigenvalue weighted by molar-refractivity contribution is 6.07. The smallest absolute Gasteiger partial charge is 0.336 e. The van der Waals surface area contributed by atoms with Crippen LogP contribution in [0, 0.1) is 6.92 Å². The lowest BCUT2D eigenvalue weighted by Gasteiger charge is -2.00. The van der Waals surface area contributed by atoms with Gasteiger partial charge in [0.15, 0.2) is 5.78 Å². The summed E-state index contributed by atoms with van der Waals surface area (Å²) >= 11 is 0. The molecule has 0 heterocycles. The van der Waals surface area contributed by atoms with E-state index in [0.29, 0.717) is 11.1 Å². The maximum Gasteiger partial charge on any atom is 0.336 e. The Kier molecular flexibility index (Phi) is 4.11. The second-order valence-electron chi connectivity index (χ2n) is 4.46. The number of aromatic carboxylic acids is 1. The maximum atomic E-state index is 12.0. The van der Waals surface area contributed by atoms with Crippen molar-refractivity contribution < 1.29 is 14.7 Å². The predicted molar refractivity (Wildman–Crippen MR) is 77.9 cm³/mol. The Bertz CT molecular complexity index is 667. The van der Waals surface area contributed by atoms with Gasteiger partial charge in [-0.05, 0) is 24.6 Å². The van der Waals surface area contributed by atoms with Gasteiger partial charge in [-0.15, -0.1) is 0 Å². The Balaban J connectivity index is 2.23. The topological polar surface area (TPSA) is 54.4 Å². The van der Waals surface area contributed by atoms with Crippen LogP contribution in [0.2, 0.25) is 0 Å². The van der Waals surface area contributed by atoms with E-state index >= 15 is 0 Å². The molecule has 20 heavy (non-hydrogen) atoms. The first-order chi connectivity index (χ1) is 9.58. The van der Waals surface area contributed by atoms with Gasteiger partial charge >= 0.3 is 5.97 Å². The van der Waals surface area contributed by atoms with Gasteiger partial charge in [0.05, 0.1) is 5.56 Å². The number of hydrogen-bond donors (Lipinski definition) is 1. The van der Waals surface area contributed by atoms with Crippen LogP contribution in [0.1, 0.15) is 31.8 Å². The molecule has 0 aliphatic rings. The van der Waals surface area contributed by atoms with Gasteiger partial charge in [-0.2, -0.15) is 0 Å². The predicted octanol–water partition coefficient (Wildman–Crippen LogP) is 3.59. The van der Waals surface area contributed by atoms with E-state index in [0.717, 1.165) is 5.56 Å². The molecule has 0 fully saturated rings. The highest BCUT2D eigenvalue weighted by Gasteiger charge is 2.07. The number of carbonyl (C=O) groups excluding carboxylic acids is 1. The van der Waals surface area contributed by atoms with Crippen LogP contribution in [-0.4, -0.2) is 16.9 Å². The third-order valence-electron chi connectivity index (χ3n) is 2.94. The third kappa shape index (κ3) is 3.20. The quantitative estimate of drug-likeness (QED) is 0.679. The van der Waals surface area contributed by atoms with E-state index in [1.807, 2.05) is 19.1 Å². The van der Waals surface area contributed by atoms with Crippen molar-refractivity contribution in [2.75, 3.05) is 0 Å². The van der Waals surface area contributed by atoms with E-state index < -0.39 is 5.97 Å². The standard InChI is InChI=1S/C17H14O3/c1-12-6-8-14(9-7-12)16(18)11-10-13-4-2-3-5-15(13)17(19)20/h2-11H,1H3,(H,19,20). The number of benzene rings is 2. The maximum absolute atomic E-state index is 12.0. The molecule has 3 nitrogen and oxygen atoms in total. The van der Waals surface area contributed by atoms with E-state index in [2.05, 4.69) is 0 Å². The Morgan fingerprint density at radius 1 is 1.00 bits per heavy atom. The molecule has 2 aromatic rings. The lowest BCUT2D eigenvalue weighted by Crippen LogP contribution is -1.99. The second-order valence-corrected chi connectivity index (χ2v) is 4.46. The molecule has 0 saturated heterocycles. The van der Waals surface area contributed by atoms with Crippen LogP contribution in [0.5, 0.6) is 0 Å². The van der Waals surface area contributed by atoms with Crippen LogP contribution < -0.4 is 0 Å². The van der Waals surface area contributed by atoms with Gasteiger partial charge in [-0.1, -0.05) is 54.1 Å². The van der Waals surface area contributed by atoms with Crippen LogP contribution in [0.25, 0.3) is 6.08 Å². The number of carboxylic acid groups (broad SMARTS) is 1. The Labute approximate surface area is 117 Å². The van der Waals surface area contributed by atoms with Crippen LogP contribution >= 0.6 is 0 Å². The molecule has 100 valence electrons. The summed E-state index contributed by atoms with van der Waals surface area (Å²) in [4.78, 5) is 23.0. The fraction of sp³-hybridized carbons (Fsp3) is 0.0588. The molecule has 0 aromatic heterocycles. The first-order valence-electron chi connectivity index (χ1n) is 6.19. The molecular formula is C17H14O3. The largest absolute Gasteiger partial charge is 0.478 e. The van der Waals surface area contributed by atoms with Gasteiger partial charge in [0, 0.05) is 5.56 Å². The van der Waals surface area contributed by atoms with E-state index in [-0.39, 0.29) is 11.3 Å². The summed E-state index contributed by atoms with van der Waals surface area (Å²) in [7, 11) is 0. The molecule has 2 aromatic carbocycles. The summed E-state index contributed by atoms with van der Waals surface area (Å²) in [6.45, 7) is 1.95. The zero-order valence-electron chi connectivity index (χ0n) is 11.0. The van der Waals surface area contributed by atoms with E-state index in [1.165, 1.54) is 18.2 Å². The van der Waals surface area contributed by atoms with Crippen LogP contribution in [0.15, 0.2) is 54.6 Å². The first-order valence-corrected chi connectivity index (χ1v) is 6.19. The zero-order valence-corrected chi connectivity index (χ0v) is 11.0. The summed E-state index contributed by atoms with van der Waals surface area (Å²) < 4.78 is 0. The molecule has 0 amide bonds. The van der Waals surface area contributed by atoms with Crippen LogP contribution in [0.4, 0.5) is 0 Å². The molecule has 0 bridgehead atoms. The minimum atomic E-state index is -1.01. The first kappa shape index (κ1) is 13.7. The molecule has 0 saturated carbocycles. The van der Waals surface area contributed by atoms with Crippen LogP contribution in [0.3, 0.4) is 0 Å². The second kappa shape index (κ2) is 5.97. The monoisotopic (exact) mass is 266 g/mol. The number of ketones is 1. The average molecular weight is 266 g/mol. The molecule has 0 aliphatic carbocycles. The highest BCUT2D eigenvalue weighted by atomic mass is 16.4. The summed E-state index contributed by atoms with van der Waals surface area (Å²) in [5, 5.41) is 9.06. The van der Waals surface area contributed by atoms with Crippen molar-refractivity contribution in [3.8, 4) is 0 Å². The molecule has 2 rings (SSSR count). The number of carboxylic acids is 1.